The first-order valence-electron chi connectivity index (χ1n) is 14.4. The van der Waals surface area contributed by atoms with E-state index in [9.17, 15) is 14.0 Å². The van der Waals surface area contributed by atoms with E-state index in [-0.39, 0.29) is 23.4 Å². The second-order valence-corrected chi connectivity index (χ2v) is 10.9. The molecule has 7 rings (SSSR count). The van der Waals surface area contributed by atoms with Crippen LogP contribution < -0.4 is 15.4 Å². The number of hydrogen-bond acceptors (Lipinski definition) is 7. The lowest BCUT2D eigenvalue weighted by Crippen LogP contribution is -2.42. The van der Waals surface area contributed by atoms with Crippen molar-refractivity contribution >= 4 is 23.2 Å². The van der Waals surface area contributed by atoms with Gasteiger partial charge >= 0.3 is 0 Å². The summed E-state index contributed by atoms with van der Waals surface area (Å²) in [6.07, 6.45) is 4.50. The number of anilines is 1. The minimum Gasteiger partial charge on any atom is -0.474 e. The van der Waals surface area contributed by atoms with Gasteiger partial charge in [-0.3, -0.25) is 14.3 Å². The number of halogens is 1. The van der Waals surface area contributed by atoms with Gasteiger partial charge in [-0.05, 0) is 25.8 Å². The van der Waals surface area contributed by atoms with Crippen molar-refractivity contribution < 1.29 is 23.5 Å². The Hall–Kier alpha value is -4.84. The fraction of sp³-hybridized carbons (Fsp3) is 0.323. The van der Waals surface area contributed by atoms with Crippen LogP contribution in [0.15, 0.2) is 65.9 Å². The molecule has 2 aromatic carbocycles. The van der Waals surface area contributed by atoms with Gasteiger partial charge in [0.1, 0.15) is 17.1 Å². The van der Waals surface area contributed by atoms with Gasteiger partial charge in [0.05, 0.1) is 29.7 Å². The Bertz CT molecular complexity index is 1720. The number of aromatic nitrogens is 4. The minimum absolute atomic E-state index is 0.00754. The monoisotopic (exact) mass is 583 g/mol. The van der Waals surface area contributed by atoms with Gasteiger partial charge in [-0.15, -0.1) is 0 Å². The maximum atomic E-state index is 14.9. The number of rotatable bonds is 5. The Morgan fingerprint density at radius 1 is 1.07 bits per heavy atom. The molecule has 2 atom stereocenters. The smallest absolute Gasteiger partial charge is 0.269 e. The quantitative estimate of drug-likeness (QED) is 0.367. The molecule has 0 saturated carbocycles. The van der Waals surface area contributed by atoms with Crippen LogP contribution in [0.5, 0.6) is 5.88 Å². The number of ether oxygens (including phenoxy) is 2. The first-order valence-corrected chi connectivity index (χ1v) is 14.4. The van der Waals surface area contributed by atoms with Crippen LogP contribution in [-0.4, -0.2) is 62.6 Å². The Balaban J connectivity index is 1.27. The number of nitrogens with one attached hydrogen (secondary N) is 2. The second-order valence-electron chi connectivity index (χ2n) is 10.9. The highest BCUT2D eigenvalue weighted by Crippen LogP contribution is 2.35. The van der Waals surface area contributed by atoms with Crippen molar-refractivity contribution in [3.05, 3.63) is 83.4 Å². The van der Waals surface area contributed by atoms with E-state index in [0.29, 0.717) is 53.7 Å². The average molecular weight is 584 g/mol. The number of benzodiazepines with no additional fused rings is 1. The highest BCUT2D eigenvalue weighted by molar-refractivity contribution is 6.20. The van der Waals surface area contributed by atoms with E-state index in [1.165, 1.54) is 6.07 Å². The number of para-hydroxylation sites is 1. The number of nitrogens with zero attached hydrogens (tertiary/aromatic N) is 5. The zero-order valence-electron chi connectivity index (χ0n) is 23.5. The van der Waals surface area contributed by atoms with Crippen molar-refractivity contribution in [3.8, 4) is 17.1 Å². The Labute approximate surface area is 246 Å². The Morgan fingerprint density at radius 3 is 2.70 bits per heavy atom. The van der Waals surface area contributed by atoms with Gasteiger partial charge in [0.2, 0.25) is 12.0 Å². The van der Waals surface area contributed by atoms with Crippen molar-refractivity contribution in [2.75, 3.05) is 18.5 Å². The Morgan fingerprint density at radius 2 is 1.88 bits per heavy atom. The summed E-state index contributed by atoms with van der Waals surface area (Å²) < 4.78 is 30.1. The molecule has 1 saturated heterocycles. The molecule has 0 spiro atoms. The van der Waals surface area contributed by atoms with E-state index in [1.54, 1.807) is 23.0 Å². The third-order valence-corrected chi connectivity index (χ3v) is 7.97. The van der Waals surface area contributed by atoms with E-state index in [2.05, 4.69) is 20.7 Å². The van der Waals surface area contributed by atoms with Crippen LogP contribution in [0, 0.1) is 5.82 Å². The fourth-order valence-electron chi connectivity index (χ4n) is 5.71. The largest absolute Gasteiger partial charge is 0.474 e. The lowest BCUT2D eigenvalue weighted by Gasteiger charge is -2.22. The summed E-state index contributed by atoms with van der Waals surface area (Å²) >= 11 is 0. The first kappa shape index (κ1) is 27.0. The molecule has 1 fully saturated rings. The molecule has 43 heavy (non-hydrogen) atoms. The summed E-state index contributed by atoms with van der Waals surface area (Å²) in [7, 11) is 0. The van der Waals surface area contributed by atoms with Crippen molar-refractivity contribution in [1.82, 2.24) is 24.9 Å². The van der Waals surface area contributed by atoms with Crippen LogP contribution in [0.2, 0.25) is 0 Å². The summed E-state index contributed by atoms with van der Waals surface area (Å²) in [5, 5.41) is 14.7. The van der Waals surface area contributed by atoms with Gasteiger partial charge in [-0.1, -0.05) is 42.5 Å². The fourth-order valence-corrected chi connectivity index (χ4v) is 5.71. The summed E-state index contributed by atoms with van der Waals surface area (Å²) in [5.41, 5.74) is 2.71. The molecule has 4 aromatic rings. The van der Waals surface area contributed by atoms with Crippen molar-refractivity contribution in [1.29, 1.82) is 0 Å². The molecule has 12 heteroatoms. The van der Waals surface area contributed by atoms with E-state index < -0.39 is 23.8 Å². The van der Waals surface area contributed by atoms with E-state index in [4.69, 9.17) is 14.6 Å². The van der Waals surface area contributed by atoms with Gasteiger partial charge in [-0.2, -0.15) is 10.2 Å². The molecule has 3 aliphatic rings. The average Bonchev–Trinajstić information content (AvgIpc) is 3.63. The van der Waals surface area contributed by atoms with E-state index >= 15 is 0 Å². The van der Waals surface area contributed by atoms with E-state index in [0.717, 1.165) is 19.3 Å². The summed E-state index contributed by atoms with van der Waals surface area (Å²) in [5.74, 6) is -1.54. The number of benzene rings is 2. The number of aliphatic imine (C=N–C) groups is 1. The molecule has 0 aliphatic carbocycles. The maximum Gasteiger partial charge on any atom is 0.269 e. The van der Waals surface area contributed by atoms with Crippen LogP contribution >= 0.6 is 0 Å². The molecule has 2 amide bonds. The summed E-state index contributed by atoms with van der Waals surface area (Å²) in [6, 6.07) is 13.9. The standard InChI is InChI=1S/C31H30FN7O4/c1-18-10-13-38-31(43-18)24(26(37-38)20-16-33-39(17-20)21-11-14-42-15-12-21)29(40)36-28-30(41)35-27-22(8-5-9-23(27)32)25(34-28)19-6-3-2-4-7-19/h2-9,16-18,21,28H,10-15H2,1H3,(H,35,41)(H,36,40)/t18?,28-/m1/s1. The van der Waals surface area contributed by atoms with Gasteiger partial charge < -0.3 is 20.1 Å². The third-order valence-electron chi connectivity index (χ3n) is 7.97. The second kappa shape index (κ2) is 11.1. The lowest BCUT2D eigenvalue weighted by molar-refractivity contribution is -0.117. The molecule has 3 aliphatic heterocycles. The van der Waals surface area contributed by atoms with Crippen LogP contribution in [-0.2, 0) is 16.1 Å². The number of carbonyl (C=O) groups excluding carboxylic acids is 2. The molecule has 2 N–H and O–H groups in total. The number of fused-ring (bicyclic) bond motifs is 2. The van der Waals surface area contributed by atoms with Gasteiger partial charge in [0.15, 0.2) is 0 Å². The molecule has 1 unspecified atom stereocenters. The predicted molar refractivity (Wildman–Crippen MR) is 156 cm³/mol. The lowest BCUT2D eigenvalue weighted by atomic mass is 10.0. The predicted octanol–water partition coefficient (Wildman–Crippen LogP) is 3.95. The third kappa shape index (κ3) is 5.07. The molecular weight excluding hydrogens is 553 g/mol. The Kier molecular flexibility index (Phi) is 6.98. The highest BCUT2D eigenvalue weighted by Gasteiger charge is 2.35. The van der Waals surface area contributed by atoms with E-state index in [1.807, 2.05) is 48.1 Å². The zero-order valence-corrected chi connectivity index (χ0v) is 23.5. The zero-order chi connectivity index (χ0) is 29.5. The normalized spacial score (nSPS) is 20.2. The van der Waals surface area contributed by atoms with Crippen LogP contribution in [0.3, 0.4) is 0 Å². The van der Waals surface area contributed by atoms with Crippen molar-refractivity contribution in [2.45, 2.75) is 51.0 Å². The molecule has 11 nitrogen and oxygen atoms in total. The van der Waals surface area contributed by atoms with Crippen LogP contribution in [0.1, 0.15) is 53.7 Å². The summed E-state index contributed by atoms with van der Waals surface area (Å²) in [4.78, 5) is 32.2. The number of aryl methyl sites for hydroxylation is 1. The molecule has 0 bridgehead atoms. The van der Waals surface area contributed by atoms with Crippen molar-refractivity contribution in [2.24, 2.45) is 4.99 Å². The SMILES string of the molecule is CC1CCn2nc(-c3cnn(C4CCOCC4)c3)c(C(=O)N[C@H]3N=C(c4ccccc4)c4cccc(F)c4NC3=O)c2O1. The number of hydrogen-bond donors (Lipinski definition) is 2. The van der Waals surface area contributed by atoms with Gasteiger partial charge in [-0.25, -0.2) is 14.1 Å². The van der Waals surface area contributed by atoms with Gasteiger partial charge in [0.25, 0.3) is 11.8 Å². The highest BCUT2D eigenvalue weighted by atomic mass is 19.1. The van der Waals surface area contributed by atoms with Gasteiger partial charge in [0, 0.05) is 49.1 Å². The number of amides is 2. The topological polar surface area (TPSA) is 125 Å². The maximum absolute atomic E-state index is 14.9. The molecule has 5 heterocycles. The first-order chi connectivity index (χ1) is 21.0. The minimum atomic E-state index is -1.36. The number of carbonyl (C=O) groups is 2. The van der Waals surface area contributed by atoms with Crippen molar-refractivity contribution in [3.63, 3.8) is 0 Å². The molecular formula is C31H30FN7O4. The van der Waals surface area contributed by atoms with Crippen LogP contribution in [0.4, 0.5) is 10.1 Å². The molecule has 220 valence electrons. The molecule has 0 radical (unpaired) electrons. The summed E-state index contributed by atoms with van der Waals surface area (Å²) in [6.45, 7) is 3.84. The molecule has 2 aromatic heterocycles. The van der Waals surface area contributed by atoms with Crippen LogP contribution in [0.25, 0.3) is 11.3 Å².